The van der Waals surface area contributed by atoms with Gasteiger partial charge < -0.3 is 5.32 Å². The molecule has 0 fully saturated rings. The number of Topliss-reactive ketones (excluding diaryl/α,β-unsaturated/α-hetero) is 1. The summed E-state index contributed by atoms with van der Waals surface area (Å²) >= 11 is 0. The maximum absolute atomic E-state index is 13.8. The second-order valence-electron chi connectivity index (χ2n) is 7.34. The molecule has 0 aliphatic carbocycles. The van der Waals surface area contributed by atoms with Crippen molar-refractivity contribution < 1.29 is 31.5 Å². The van der Waals surface area contributed by atoms with Gasteiger partial charge in [-0.15, -0.1) is 0 Å². The Labute approximate surface area is 180 Å². The average Bonchev–Trinajstić information content (AvgIpc) is 2.70. The second kappa shape index (κ2) is 9.30. The average molecular weight is 447 g/mol. The molecule has 0 aliphatic rings. The summed E-state index contributed by atoms with van der Waals surface area (Å²) < 4.78 is 67.8. The minimum atomic E-state index is -4.85. The van der Waals surface area contributed by atoms with E-state index in [0.717, 1.165) is 29.3 Å². The third-order valence-electron chi connectivity index (χ3n) is 4.70. The molecule has 0 spiro atoms. The summed E-state index contributed by atoms with van der Waals surface area (Å²) in [6.45, 7) is 1.87. The van der Waals surface area contributed by atoms with E-state index >= 15 is 0 Å². The number of hydrogen-bond donors (Lipinski definition) is 1. The van der Waals surface area contributed by atoms with Crippen molar-refractivity contribution in [1.82, 2.24) is 0 Å². The summed E-state index contributed by atoms with van der Waals surface area (Å²) in [5.41, 5.74) is -0.707. The van der Waals surface area contributed by atoms with Crippen molar-refractivity contribution in [3.8, 4) is 0 Å². The van der Waals surface area contributed by atoms with Crippen molar-refractivity contribution in [2.45, 2.75) is 25.9 Å². The molecule has 0 atom stereocenters. The number of halogens is 5. The highest BCUT2D eigenvalue weighted by Crippen LogP contribution is 2.36. The Bertz CT molecular complexity index is 1170. The lowest BCUT2D eigenvalue weighted by atomic mass is 9.99. The van der Waals surface area contributed by atoms with E-state index < -0.39 is 40.5 Å². The van der Waals surface area contributed by atoms with E-state index in [9.17, 15) is 31.5 Å². The second-order valence-corrected chi connectivity index (χ2v) is 7.34. The van der Waals surface area contributed by atoms with Gasteiger partial charge in [0, 0.05) is 12.8 Å². The molecular formula is C24H18F5NO2. The van der Waals surface area contributed by atoms with Crippen LogP contribution < -0.4 is 5.32 Å². The number of anilines is 1. The molecule has 1 amide bonds. The lowest BCUT2D eigenvalue weighted by Crippen LogP contribution is -2.18. The molecule has 0 unspecified atom stereocenters. The van der Waals surface area contributed by atoms with Gasteiger partial charge >= 0.3 is 6.18 Å². The lowest BCUT2D eigenvalue weighted by Gasteiger charge is -2.16. The lowest BCUT2D eigenvalue weighted by molar-refractivity contribution is -0.137. The third-order valence-corrected chi connectivity index (χ3v) is 4.70. The van der Waals surface area contributed by atoms with Crippen LogP contribution in [0.25, 0.3) is 0 Å². The molecule has 8 heteroatoms. The van der Waals surface area contributed by atoms with Gasteiger partial charge in [0.1, 0.15) is 17.4 Å². The summed E-state index contributed by atoms with van der Waals surface area (Å²) in [5, 5.41) is 1.98. The first-order valence-electron chi connectivity index (χ1n) is 9.56. The van der Waals surface area contributed by atoms with Crippen LogP contribution in [0.4, 0.5) is 27.6 Å². The minimum Gasteiger partial charge on any atom is -0.321 e. The van der Waals surface area contributed by atoms with E-state index in [1.807, 2.05) is 24.4 Å². The van der Waals surface area contributed by atoms with E-state index in [1.54, 1.807) is 12.1 Å². The van der Waals surface area contributed by atoms with Crippen LogP contribution in [-0.2, 0) is 23.8 Å². The predicted octanol–water partition coefficient (Wildman–Crippen LogP) is 5.90. The van der Waals surface area contributed by atoms with Gasteiger partial charge in [-0.05, 0) is 48.4 Å². The number of carbonyl (C=O) groups is 2. The molecule has 166 valence electrons. The van der Waals surface area contributed by atoms with Crippen molar-refractivity contribution in [1.29, 1.82) is 0 Å². The number of amides is 1. The Morgan fingerprint density at radius 2 is 1.56 bits per heavy atom. The SMILES string of the molecule is Cc1cccc(CC(=O)Cc2ccc(NC(=O)c3cc(F)ccc3F)c(C(F)(F)F)c2)c1. The fourth-order valence-electron chi connectivity index (χ4n) is 3.25. The Morgan fingerprint density at radius 1 is 0.875 bits per heavy atom. The van der Waals surface area contributed by atoms with E-state index in [0.29, 0.717) is 12.1 Å². The van der Waals surface area contributed by atoms with Crippen LogP contribution >= 0.6 is 0 Å². The first kappa shape index (κ1) is 23.1. The molecule has 3 nitrogen and oxygen atoms in total. The first-order valence-corrected chi connectivity index (χ1v) is 9.56. The molecule has 3 aromatic rings. The van der Waals surface area contributed by atoms with E-state index in [1.165, 1.54) is 6.07 Å². The number of ketones is 1. The summed E-state index contributed by atoms with van der Waals surface area (Å²) in [6.07, 6.45) is -5.01. The zero-order valence-corrected chi connectivity index (χ0v) is 16.9. The standard InChI is InChI=1S/C24H18F5NO2/c1-14-3-2-4-15(9-14)10-18(31)11-16-5-8-22(20(12-16)24(27,28)29)30-23(32)19-13-17(25)6-7-21(19)26/h2-9,12-13H,10-11H2,1H3,(H,30,32). The molecule has 0 saturated heterocycles. The number of aryl methyl sites for hydroxylation is 1. The number of hydrogen-bond acceptors (Lipinski definition) is 2. The van der Waals surface area contributed by atoms with Gasteiger partial charge in [-0.25, -0.2) is 8.78 Å². The molecule has 0 radical (unpaired) electrons. The van der Waals surface area contributed by atoms with Crippen molar-refractivity contribution in [3.05, 3.63) is 100 Å². The van der Waals surface area contributed by atoms with Crippen molar-refractivity contribution >= 4 is 17.4 Å². The molecule has 0 aliphatic heterocycles. The maximum atomic E-state index is 13.8. The zero-order valence-electron chi connectivity index (χ0n) is 16.9. The van der Waals surface area contributed by atoms with Crippen LogP contribution in [0.1, 0.15) is 32.6 Å². The van der Waals surface area contributed by atoms with Gasteiger partial charge in [0.05, 0.1) is 16.8 Å². The van der Waals surface area contributed by atoms with Crippen LogP contribution in [-0.4, -0.2) is 11.7 Å². The number of nitrogens with one attached hydrogen (secondary N) is 1. The van der Waals surface area contributed by atoms with Crippen LogP contribution in [0.15, 0.2) is 60.7 Å². The Balaban J connectivity index is 1.82. The highest BCUT2D eigenvalue weighted by Gasteiger charge is 2.34. The fourth-order valence-corrected chi connectivity index (χ4v) is 3.25. The Kier molecular flexibility index (Phi) is 6.72. The number of carbonyl (C=O) groups excluding carboxylic acids is 2. The quantitative estimate of drug-likeness (QED) is 0.479. The van der Waals surface area contributed by atoms with Gasteiger partial charge in [0.2, 0.25) is 0 Å². The van der Waals surface area contributed by atoms with Gasteiger partial charge in [0.25, 0.3) is 5.91 Å². The monoisotopic (exact) mass is 447 g/mol. The summed E-state index contributed by atoms with van der Waals surface area (Å²) in [7, 11) is 0. The molecule has 1 N–H and O–H groups in total. The molecule has 3 aromatic carbocycles. The fraction of sp³-hybridized carbons (Fsp3) is 0.167. The number of benzene rings is 3. The molecule has 0 bridgehead atoms. The molecule has 0 aromatic heterocycles. The van der Waals surface area contributed by atoms with Crippen molar-refractivity contribution in [3.63, 3.8) is 0 Å². The van der Waals surface area contributed by atoms with E-state index in [-0.39, 0.29) is 24.2 Å². The van der Waals surface area contributed by atoms with E-state index in [4.69, 9.17) is 0 Å². The molecule has 3 rings (SSSR count). The molecule has 0 saturated carbocycles. The van der Waals surface area contributed by atoms with Crippen LogP contribution in [0.2, 0.25) is 0 Å². The normalized spacial score (nSPS) is 11.3. The molecule has 32 heavy (non-hydrogen) atoms. The highest BCUT2D eigenvalue weighted by atomic mass is 19.4. The largest absolute Gasteiger partial charge is 0.418 e. The number of rotatable bonds is 6. The summed E-state index contributed by atoms with van der Waals surface area (Å²) in [6, 6.07) is 12.4. The van der Waals surface area contributed by atoms with Crippen LogP contribution in [0, 0.1) is 18.6 Å². The smallest absolute Gasteiger partial charge is 0.321 e. The van der Waals surface area contributed by atoms with Gasteiger partial charge in [-0.1, -0.05) is 35.9 Å². The Hall–Kier alpha value is -3.55. The van der Waals surface area contributed by atoms with Crippen LogP contribution in [0.3, 0.4) is 0 Å². The topological polar surface area (TPSA) is 46.2 Å². The predicted molar refractivity (Wildman–Crippen MR) is 109 cm³/mol. The zero-order chi connectivity index (χ0) is 23.5. The van der Waals surface area contributed by atoms with Crippen molar-refractivity contribution in [2.24, 2.45) is 0 Å². The number of alkyl halides is 3. The maximum Gasteiger partial charge on any atom is 0.418 e. The highest BCUT2D eigenvalue weighted by molar-refractivity contribution is 6.05. The van der Waals surface area contributed by atoms with Gasteiger partial charge in [-0.2, -0.15) is 13.2 Å². The third kappa shape index (κ3) is 5.78. The van der Waals surface area contributed by atoms with Gasteiger partial charge in [0.15, 0.2) is 0 Å². The molecule has 0 heterocycles. The van der Waals surface area contributed by atoms with Crippen molar-refractivity contribution in [2.75, 3.05) is 5.32 Å². The van der Waals surface area contributed by atoms with E-state index in [2.05, 4.69) is 0 Å². The first-order chi connectivity index (χ1) is 15.0. The molecular weight excluding hydrogens is 429 g/mol. The summed E-state index contributed by atoms with van der Waals surface area (Å²) in [5.74, 6) is -3.48. The van der Waals surface area contributed by atoms with Crippen LogP contribution in [0.5, 0.6) is 0 Å². The van der Waals surface area contributed by atoms with Gasteiger partial charge in [-0.3, -0.25) is 9.59 Å². The minimum absolute atomic E-state index is 0.0698. The summed E-state index contributed by atoms with van der Waals surface area (Å²) in [4.78, 5) is 24.6. The Morgan fingerprint density at radius 3 is 2.22 bits per heavy atom.